The molecule has 1 N–H and O–H groups in total. The molecule has 24 heavy (non-hydrogen) atoms. The summed E-state index contributed by atoms with van der Waals surface area (Å²) in [5.74, 6) is 0.349. The number of nitrogens with one attached hydrogen (secondary N) is 1. The van der Waals surface area contributed by atoms with Gasteiger partial charge in [0.25, 0.3) is 5.56 Å². The Morgan fingerprint density at radius 3 is 2.62 bits per heavy atom. The summed E-state index contributed by atoms with van der Waals surface area (Å²) in [6.07, 6.45) is 0.901. The van der Waals surface area contributed by atoms with Crippen molar-refractivity contribution in [2.24, 2.45) is 0 Å². The molecule has 2 aliphatic heterocycles. The highest BCUT2D eigenvalue weighted by molar-refractivity contribution is 5.79. The number of aromatic nitrogens is 4. The van der Waals surface area contributed by atoms with E-state index in [0.29, 0.717) is 12.4 Å². The van der Waals surface area contributed by atoms with Gasteiger partial charge in [0.1, 0.15) is 0 Å². The fraction of sp³-hybridized carbons (Fsp3) is 0.412. The summed E-state index contributed by atoms with van der Waals surface area (Å²) in [5.41, 5.74) is 0.673. The van der Waals surface area contributed by atoms with E-state index in [2.05, 4.69) is 33.7 Å². The lowest BCUT2D eigenvalue weighted by Crippen LogP contribution is -2.29. The van der Waals surface area contributed by atoms with Crippen LogP contribution in [0, 0.1) is 0 Å². The van der Waals surface area contributed by atoms with Gasteiger partial charge in [-0.1, -0.05) is 26.0 Å². The Labute approximate surface area is 139 Å². The van der Waals surface area contributed by atoms with Crippen LogP contribution in [0.15, 0.2) is 33.9 Å². The molecule has 0 saturated carbocycles. The normalized spacial score (nSPS) is 11.6. The zero-order chi connectivity index (χ0) is 17.1. The summed E-state index contributed by atoms with van der Waals surface area (Å²) in [6.45, 7) is 7.90. The second-order valence-corrected chi connectivity index (χ2v) is 5.68. The molecule has 0 aromatic heterocycles. The van der Waals surface area contributed by atoms with Crippen LogP contribution >= 0.6 is 0 Å². The van der Waals surface area contributed by atoms with Crippen molar-refractivity contribution >= 4 is 11.0 Å². The third-order valence-corrected chi connectivity index (χ3v) is 4.27. The van der Waals surface area contributed by atoms with E-state index in [1.807, 2.05) is 28.8 Å². The summed E-state index contributed by atoms with van der Waals surface area (Å²) in [6, 6.07) is 7.60. The first-order valence-corrected chi connectivity index (χ1v) is 8.26. The predicted molar refractivity (Wildman–Crippen MR) is 93.4 cm³/mol. The first kappa shape index (κ1) is 16.3. The molecule has 0 aliphatic carbocycles. The number of hydrogen-bond acceptors (Lipinski definition) is 5. The predicted octanol–water partition coefficient (Wildman–Crippen LogP) is 1.32. The monoisotopic (exact) mass is 327 g/mol. The number of H-pyrrole nitrogens is 1. The maximum absolute atomic E-state index is 12.1. The van der Waals surface area contributed by atoms with Crippen molar-refractivity contribution in [2.75, 3.05) is 19.6 Å². The number of fused-ring (bicyclic) bond motifs is 2. The third-order valence-electron chi connectivity index (χ3n) is 4.27. The Morgan fingerprint density at radius 1 is 1.12 bits per heavy atom. The van der Waals surface area contributed by atoms with Crippen molar-refractivity contribution in [3.8, 4) is 11.5 Å². The molecule has 0 unspecified atom stereocenters. The highest BCUT2D eigenvalue weighted by Crippen LogP contribution is 2.20. The van der Waals surface area contributed by atoms with Gasteiger partial charge in [-0.3, -0.25) is 9.78 Å². The van der Waals surface area contributed by atoms with Gasteiger partial charge in [-0.05, 0) is 38.2 Å². The minimum absolute atomic E-state index is 0.205. The molecule has 0 atom stereocenters. The minimum atomic E-state index is -0.637. The lowest BCUT2D eigenvalue weighted by molar-refractivity contribution is 0.294. The van der Waals surface area contributed by atoms with Crippen molar-refractivity contribution in [3.05, 3.63) is 45.1 Å². The SMILES string of the molecule is CCN(CC)CCCn1c2nc(=O)[nH]c(=O)c-2nc2ccccc21. The van der Waals surface area contributed by atoms with Gasteiger partial charge in [0.05, 0.1) is 11.0 Å². The first-order chi connectivity index (χ1) is 11.6. The molecule has 0 saturated heterocycles. The molecular weight excluding hydrogens is 306 g/mol. The third kappa shape index (κ3) is 3.07. The number of hydrogen-bond donors (Lipinski definition) is 1. The zero-order valence-corrected chi connectivity index (χ0v) is 14.0. The number of para-hydroxylation sites is 2. The molecule has 0 radical (unpaired) electrons. The Bertz CT molecular complexity index is 926. The summed E-state index contributed by atoms with van der Waals surface area (Å²) in [5, 5.41) is 0. The second-order valence-electron chi connectivity index (χ2n) is 5.68. The van der Waals surface area contributed by atoms with Crippen molar-refractivity contribution < 1.29 is 0 Å². The molecule has 0 spiro atoms. The lowest BCUT2D eigenvalue weighted by atomic mass is 10.2. The van der Waals surface area contributed by atoms with Crippen LogP contribution in [0.5, 0.6) is 0 Å². The van der Waals surface area contributed by atoms with Crippen LogP contribution in [0.3, 0.4) is 0 Å². The fourth-order valence-electron chi connectivity index (χ4n) is 2.96. The highest BCUT2D eigenvalue weighted by atomic mass is 16.2. The Kier molecular flexibility index (Phi) is 4.71. The van der Waals surface area contributed by atoms with E-state index in [4.69, 9.17) is 0 Å². The molecular formula is C17H21N5O2. The summed E-state index contributed by atoms with van der Waals surface area (Å²) < 4.78 is 1.93. The van der Waals surface area contributed by atoms with Crippen LogP contribution in [0.25, 0.3) is 22.6 Å². The van der Waals surface area contributed by atoms with Crippen LogP contribution in [-0.2, 0) is 6.54 Å². The average Bonchev–Trinajstić information content (AvgIpc) is 2.58. The van der Waals surface area contributed by atoms with Gasteiger partial charge in [0.2, 0.25) is 0 Å². The molecule has 3 rings (SSSR count). The van der Waals surface area contributed by atoms with Crippen molar-refractivity contribution in [1.29, 1.82) is 0 Å². The highest BCUT2D eigenvalue weighted by Gasteiger charge is 2.18. The van der Waals surface area contributed by atoms with E-state index >= 15 is 0 Å². The molecule has 2 heterocycles. The number of benzene rings is 1. The van der Waals surface area contributed by atoms with Crippen molar-refractivity contribution in [2.45, 2.75) is 26.8 Å². The lowest BCUT2D eigenvalue weighted by Gasteiger charge is -2.20. The number of aryl methyl sites for hydroxylation is 1. The van der Waals surface area contributed by atoms with Crippen LogP contribution in [0.4, 0.5) is 0 Å². The molecule has 7 heteroatoms. The largest absolute Gasteiger partial charge is 0.349 e. The van der Waals surface area contributed by atoms with Gasteiger partial charge in [-0.2, -0.15) is 4.98 Å². The molecule has 1 aromatic rings. The van der Waals surface area contributed by atoms with Crippen LogP contribution in [0.1, 0.15) is 20.3 Å². The summed E-state index contributed by atoms with van der Waals surface area (Å²) in [7, 11) is 0. The van der Waals surface area contributed by atoms with Gasteiger partial charge in [0, 0.05) is 6.54 Å². The van der Waals surface area contributed by atoms with Crippen LogP contribution in [0.2, 0.25) is 0 Å². The van der Waals surface area contributed by atoms with E-state index in [1.165, 1.54) is 0 Å². The zero-order valence-electron chi connectivity index (χ0n) is 14.0. The van der Waals surface area contributed by atoms with Gasteiger partial charge in [-0.15, -0.1) is 0 Å². The molecule has 126 valence electrons. The molecule has 1 aromatic carbocycles. The molecule has 7 nitrogen and oxygen atoms in total. The Morgan fingerprint density at radius 2 is 1.88 bits per heavy atom. The summed E-state index contributed by atoms with van der Waals surface area (Å²) >= 11 is 0. The van der Waals surface area contributed by atoms with Gasteiger partial charge in [0.15, 0.2) is 11.5 Å². The van der Waals surface area contributed by atoms with Gasteiger partial charge < -0.3 is 9.47 Å². The van der Waals surface area contributed by atoms with E-state index in [-0.39, 0.29) is 5.69 Å². The first-order valence-electron chi connectivity index (χ1n) is 8.26. The van der Waals surface area contributed by atoms with Crippen molar-refractivity contribution in [3.63, 3.8) is 0 Å². The molecule has 0 amide bonds. The second kappa shape index (κ2) is 6.92. The van der Waals surface area contributed by atoms with E-state index in [0.717, 1.165) is 37.1 Å². The quantitative estimate of drug-likeness (QED) is 0.690. The Hall–Kier alpha value is -2.54. The minimum Gasteiger partial charge on any atom is -0.322 e. The standard InChI is InChI=1S/C17H21N5O2/c1-3-21(4-2)10-7-11-22-13-9-6-5-8-12(13)18-14-15(22)19-17(24)20-16(14)23/h5-6,8-9H,3-4,7,10-11H2,1-2H3,(H,20,23,24). The summed E-state index contributed by atoms with van der Waals surface area (Å²) in [4.78, 5) is 36.7. The van der Waals surface area contributed by atoms with Crippen molar-refractivity contribution in [1.82, 2.24) is 24.4 Å². The molecule has 0 bridgehead atoms. The number of nitrogens with zero attached hydrogens (tertiary/aromatic N) is 4. The van der Waals surface area contributed by atoms with Gasteiger partial charge in [-0.25, -0.2) is 9.78 Å². The topological polar surface area (TPSA) is 83.9 Å². The van der Waals surface area contributed by atoms with Crippen LogP contribution < -0.4 is 11.2 Å². The fourth-order valence-corrected chi connectivity index (χ4v) is 2.96. The van der Waals surface area contributed by atoms with Crippen LogP contribution in [-0.4, -0.2) is 44.1 Å². The maximum Gasteiger partial charge on any atom is 0.349 e. The molecule has 0 fully saturated rings. The van der Waals surface area contributed by atoms with E-state index < -0.39 is 11.2 Å². The Balaban J connectivity index is 2.08. The van der Waals surface area contributed by atoms with Gasteiger partial charge >= 0.3 is 5.69 Å². The molecule has 2 aliphatic rings. The smallest absolute Gasteiger partial charge is 0.322 e. The maximum atomic E-state index is 12.1. The average molecular weight is 327 g/mol. The number of aromatic amines is 1. The van der Waals surface area contributed by atoms with E-state index in [1.54, 1.807) is 0 Å². The number of rotatable bonds is 6. The van der Waals surface area contributed by atoms with E-state index in [9.17, 15) is 9.59 Å².